The van der Waals surface area contributed by atoms with Crippen molar-refractivity contribution in [2.24, 2.45) is 0 Å². The maximum Gasteiger partial charge on any atom is 0.259 e. The Morgan fingerprint density at radius 1 is 1.23 bits per heavy atom. The molecule has 0 aromatic carbocycles. The number of hydrogen-bond donors (Lipinski definition) is 1. The molecule has 3 rings (SSSR count). The van der Waals surface area contributed by atoms with Crippen LogP contribution in [0.2, 0.25) is 0 Å². The first kappa shape index (κ1) is 19.4. The third-order valence-corrected chi connectivity index (χ3v) is 7.32. The first-order valence-electron chi connectivity index (χ1n) is 9.36. The number of aromatic amines is 1. The molecule has 0 bridgehead atoms. The second-order valence-corrected chi connectivity index (χ2v) is 9.55. The van der Waals surface area contributed by atoms with E-state index in [1.54, 1.807) is 23.1 Å². The summed E-state index contributed by atoms with van der Waals surface area (Å²) in [5.74, 6) is 1.41. The molecule has 1 aliphatic heterocycles. The molecule has 2 aromatic heterocycles. The Labute approximate surface area is 162 Å². The Kier molecular flexibility index (Phi) is 6.40. The number of carbonyl (C=O) groups is 1. The fraction of sp³-hybridized carbons (Fsp3) is 0.632. The summed E-state index contributed by atoms with van der Waals surface area (Å²) in [4.78, 5) is 36.5. The number of nitrogens with zero attached hydrogens (tertiary/aromatic N) is 2. The molecule has 0 radical (unpaired) electrons. The quantitative estimate of drug-likeness (QED) is 0.852. The minimum Gasteiger partial charge on any atom is -0.342 e. The van der Waals surface area contributed by atoms with Crippen LogP contribution in [0.1, 0.15) is 55.3 Å². The predicted octanol–water partition coefficient (Wildman–Crippen LogP) is 4.02. The second-order valence-electron chi connectivity index (χ2n) is 7.02. The topological polar surface area (TPSA) is 66.1 Å². The number of likely N-dealkylation sites (tertiary alicyclic amines) is 1. The van der Waals surface area contributed by atoms with Gasteiger partial charge in [-0.25, -0.2) is 4.98 Å². The van der Waals surface area contributed by atoms with Crippen LogP contribution in [0.25, 0.3) is 10.2 Å². The lowest BCUT2D eigenvalue weighted by molar-refractivity contribution is -0.130. The van der Waals surface area contributed by atoms with Crippen molar-refractivity contribution in [3.05, 3.63) is 26.6 Å². The molecule has 1 saturated heterocycles. The Morgan fingerprint density at radius 3 is 2.58 bits per heavy atom. The number of H-pyrrole nitrogens is 1. The highest BCUT2D eigenvalue weighted by atomic mass is 32.2. The number of carbonyl (C=O) groups excluding carboxylic acids is 1. The lowest BCUT2D eigenvalue weighted by Crippen LogP contribution is -2.38. The van der Waals surface area contributed by atoms with Crippen LogP contribution in [-0.4, -0.2) is 39.1 Å². The number of aromatic nitrogens is 2. The van der Waals surface area contributed by atoms with Crippen LogP contribution in [0.5, 0.6) is 0 Å². The van der Waals surface area contributed by atoms with Gasteiger partial charge in [-0.2, -0.15) is 0 Å². The predicted molar refractivity (Wildman–Crippen MR) is 110 cm³/mol. The number of rotatable bonds is 4. The summed E-state index contributed by atoms with van der Waals surface area (Å²) in [5, 5.41) is 0.577. The third kappa shape index (κ3) is 4.31. The smallest absolute Gasteiger partial charge is 0.259 e. The van der Waals surface area contributed by atoms with Crippen LogP contribution in [-0.2, 0) is 10.5 Å². The van der Waals surface area contributed by atoms with Crippen molar-refractivity contribution >= 4 is 39.2 Å². The summed E-state index contributed by atoms with van der Waals surface area (Å²) in [6.45, 7) is 7.68. The van der Waals surface area contributed by atoms with E-state index in [-0.39, 0.29) is 16.7 Å². The normalized spacial score (nSPS) is 17.1. The van der Waals surface area contributed by atoms with Crippen LogP contribution in [0.4, 0.5) is 0 Å². The Balaban J connectivity index is 1.65. The van der Waals surface area contributed by atoms with Gasteiger partial charge in [-0.15, -0.1) is 23.1 Å². The molecule has 1 aliphatic rings. The van der Waals surface area contributed by atoms with E-state index in [9.17, 15) is 9.59 Å². The Hall–Kier alpha value is -1.34. The molecule has 0 spiro atoms. The summed E-state index contributed by atoms with van der Waals surface area (Å²) in [7, 11) is 0. The number of hydrogen-bond acceptors (Lipinski definition) is 5. The van der Waals surface area contributed by atoms with Gasteiger partial charge in [-0.05, 0) is 39.2 Å². The van der Waals surface area contributed by atoms with Crippen molar-refractivity contribution in [1.82, 2.24) is 14.9 Å². The average Bonchev–Trinajstić information content (AvgIpc) is 2.86. The number of nitrogens with one attached hydrogen (secondary N) is 1. The SMILES string of the molecule is Cc1sc2nc(CSC(C)C(=O)N3CCCCCCC3)[nH]c(=O)c2c1C. The number of fused-ring (bicyclic) bond motifs is 1. The lowest BCUT2D eigenvalue weighted by Gasteiger charge is -2.27. The van der Waals surface area contributed by atoms with Gasteiger partial charge in [0.2, 0.25) is 5.91 Å². The maximum absolute atomic E-state index is 12.7. The number of aryl methyl sites for hydroxylation is 2. The first-order chi connectivity index (χ1) is 12.5. The Morgan fingerprint density at radius 2 is 1.88 bits per heavy atom. The molecule has 142 valence electrons. The third-order valence-electron chi connectivity index (χ3n) is 5.07. The largest absolute Gasteiger partial charge is 0.342 e. The van der Waals surface area contributed by atoms with Crippen LogP contribution in [0.3, 0.4) is 0 Å². The summed E-state index contributed by atoms with van der Waals surface area (Å²) in [6, 6.07) is 0. The molecule has 1 fully saturated rings. The summed E-state index contributed by atoms with van der Waals surface area (Å²) in [6.07, 6.45) is 5.93. The molecule has 3 heterocycles. The van der Waals surface area contributed by atoms with Crippen molar-refractivity contribution in [2.75, 3.05) is 13.1 Å². The minimum absolute atomic E-state index is 0.0739. The molecule has 1 amide bonds. The monoisotopic (exact) mass is 393 g/mol. The van der Waals surface area contributed by atoms with Crippen molar-refractivity contribution < 1.29 is 4.79 Å². The van der Waals surface area contributed by atoms with E-state index in [4.69, 9.17) is 0 Å². The lowest BCUT2D eigenvalue weighted by atomic mass is 10.1. The molecule has 1 atom stereocenters. The summed E-state index contributed by atoms with van der Waals surface area (Å²) in [5.41, 5.74) is 0.939. The van der Waals surface area contributed by atoms with Crippen LogP contribution in [0, 0.1) is 13.8 Å². The van der Waals surface area contributed by atoms with E-state index in [2.05, 4.69) is 9.97 Å². The fourth-order valence-electron chi connectivity index (χ4n) is 3.37. The number of thiophene rings is 1. The molecule has 26 heavy (non-hydrogen) atoms. The highest BCUT2D eigenvalue weighted by Crippen LogP contribution is 2.27. The van der Waals surface area contributed by atoms with E-state index >= 15 is 0 Å². The van der Waals surface area contributed by atoms with Crippen LogP contribution < -0.4 is 5.56 Å². The van der Waals surface area contributed by atoms with Gasteiger partial charge >= 0.3 is 0 Å². The van der Waals surface area contributed by atoms with Gasteiger partial charge in [0.05, 0.1) is 16.4 Å². The van der Waals surface area contributed by atoms with Gasteiger partial charge < -0.3 is 9.88 Å². The minimum atomic E-state index is -0.123. The molecule has 2 aromatic rings. The van der Waals surface area contributed by atoms with Crippen molar-refractivity contribution in [1.29, 1.82) is 0 Å². The van der Waals surface area contributed by atoms with Gasteiger partial charge in [0.1, 0.15) is 10.7 Å². The maximum atomic E-state index is 12.7. The number of thioether (sulfide) groups is 1. The van der Waals surface area contributed by atoms with Crippen molar-refractivity contribution in [3.8, 4) is 0 Å². The zero-order valence-corrected chi connectivity index (χ0v) is 17.4. The second kappa shape index (κ2) is 8.57. The molecule has 1 N–H and O–H groups in total. The van der Waals surface area contributed by atoms with Crippen LogP contribution in [0.15, 0.2) is 4.79 Å². The highest BCUT2D eigenvalue weighted by Gasteiger charge is 2.22. The average molecular weight is 394 g/mol. The zero-order valence-electron chi connectivity index (χ0n) is 15.8. The molecule has 0 aliphatic carbocycles. The number of amides is 1. The first-order valence-corrected chi connectivity index (χ1v) is 11.2. The summed E-state index contributed by atoms with van der Waals surface area (Å²) < 4.78 is 0. The van der Waals surface area contributed by atoms with Gasteiger partial charge in [-0.3, -0.25) is 9.59 Å². The van der Waals surface area contributed by atoms with Gasteiger partial charge in [0.25, 0.3) is 5.56 Å². The van der Waals surface area contributed by atoms with E-state index in [0.717, 1.165) is 41.2 Å². The highest BCUT2D eigenvalue weighted by molar-refractivity contribution is 7.99. The fourth-order valence-corrected chi connectivity index (χ4v) is 5.25. The molecule has 7 heteroatoms. The molecule has 5 nitrogen and oxygen atoms in total. The molecular formula is C19H27N3O2S2. The van der Waals surface area contributed by atoms with Gasteiger partial charge in [-0.1, -0.05) is 19.3 Å². The van der Waals surface area contributed by atoms with Gasteiger partial charge in [0.15, 0.2) is 0 Å². The van der Waals surface area contributed by atoms with E-state index in [0.29, 0.717) is 17.0 Å². The van der Waals surface area contributed by atoms with Crippen molar-refractivity contribution in [3.63, 3.8) is 0 Å². The molecule has 1 unspecified atom stereocenters. The molecule has 0 saturated carbocycles. The van der Waals surface area contributed by atoms with E-state index < -0.39 is 0 Å². The standard InChI is InChI=1S/C19H27N3O2S2/c1-12-13(2)26-18-16(12)17(23)20-15(21-18)11-25-14(3)19(24)22-9-7-5-4-6-8-10-22/h14H,4-11H2,1-3H3,(H,20,21,23). The Bertz CT molecular complexity index is 835. The van der Waals surface area contributed by atoms with Crippen molar-refractivity contribution in [2.45, 2.75) is 63.9 Å². The molecular weight excluding hydrogens is 366 g/mol. The van der Waals surface area contributed by atoms with Gasteiger partial charge in [0, 0.05) is 18.0 Å². The zero-order chi connectivity index (χ0) is 18.7. The van der Waals surface area contributed by atoms with Crippen LogP contribution >= 0.6 is 23.1 Å². The van der Waals surface area contributed by atoms with E-state index in [1.807, 2.05) is 25.7 Å². The van der Waals surface area contributed by atoms with E-state index in [1.165, 1.54) is 19.3 Å². The summed E-state index contributed by atoms with van der Waals surface area (Å²) >= 11 is 3.11.